The van der Waals surface area contributed by atoms with E-state index in [1.165, 1.54) is 56.9 Å². The smallest absolute Gasteiger partial charge is 0.134 e. The van der Waals surface area contributed by atoms with E-state index in [2.05, 4.69) is 40.7 Å². The third kappa shape index (κ3) is 6.15. The molecule has 1 fully saturated rings. The van der Waals surface area contributed by atoms with E-state index in [1.54, 1.807) is 0 Å². The van der Waals surface area contributed by atoms with Crippen LogP contribution in [0.2, 0.25) is 0 Å². The highest BCUT2D eigenvalue weighted by molar-refractivity contribution is 5.45. The van der Waals surface area contributed by atoms with Crippen molar-refractivity contribution in [3.05, 3.63) is 47.0 Å². The largest absolute Gasteiger partial charge is 0.385 e. The molecule has 34 heavy (non-hydrogen) atoms. The monoisotopic (exact) mass is 470 g/mol. The van der Waals surface area contributed by atoms with E-state index >= 15 is 0 Å². The highest BCUT2D eigenvalue weighted by atomic mass is 16.7. The average Bonchev–Trinajstić information content (AvgIpc) is 3.43. The Bertz CT molecular complexity index is 815. The van der Waals surface area contributed by atoms with Gasteiger partial charge in [0.05, 0.1) is 0 Å². The number of hydrogen-bond donors (Lipinski definition) is 2. The molecule has 6 unspecified atom stereocenters. The van der Waals surface area contributed by atoms with Crippen LogP contribution in [0.25, 0.3) is 0 Å². The minimum Gasteiger partial charge on any atom is -0.385 e. The van der Waals surface area contributed by atoms with Crippen LogP contribution in [-0.4, -0.2) is 21.4 Å². The maximum absolute atomic E-state index is 11.1. The van der Waals surface area contributed by atoms with Crippen molar-refractivity contribution in [3.63, 3.8) is 0 Å². The van der Waals surface area contributed by atoms with Crippen LogP contribution in [0.5, 0.6) is 0 Å². The fraction of sp³-hybridized carbons (Fsp3) is 0.742. The zero-order chi connectivity index (χ0) is 24.9. The van der Waals surface area contributed by atoms with Crippen molar-refractivity contribution >= 4 is 0 Å². The van der Waals surface area contributed by atoms with E-state index in [-0.39, 0.29) is 0 Å². The molecule has 1 heterocycles. The van der Waals surface area contributed by atoms with Crippen LogP contribution in [0.1, 0.15) is 129 Å². The van der Waals surface area contributed by atoms with Gasteiger partial charge in [-0.1, -0.05) is 109 Å². The lowest BCUT2D eigenvalue weighted by Crippen LogP contribution is -2.39. The summed E-state index contributed by atoms with van der Waals surface area (Å²) in [6.45, 7) is 13.6. The van der Waals surface area contributed by atoms with Gasteiger partial charge in [0.25, 0.3) is 0 Å². The summed E-state index contributed by atoms with van der Waals surface area (Å²) in [6, 6.07) is 7.64. The predicted molar refractivity (Wildman–Crippen MR) is 142 cm³/mol. The van der Waals surface area contributed by atoms with Gasteiger partial charge < -0.3 is 14.9 Å². The van der Waals surface area contributed by atoms with E-state index in [1.807, 2.05) is 31.2 Å². The summed E-state index contributed by atoms with van der Waals surface area (Å²) in [4.78, 5) is 0. The summed E-state index contributed by atoms with van der Waals surface area (Å²) in [5.41, 5.74) is 1.54. The molecule has 3 nitrogen and oxygen atoms in total. The summed E-state index contributed by atoms with van der Waals surface area (Å²) in [5, 5.41) is 22.0. The van der Waals surface area contributed by atoms with E-state index in [0.717, 1.165) is 35.3 Å². The van der Waals surface area contributed by atoms with Crippen LogP contribution in [0.3, 0.4) is 0 Å². The normalized spacial score (nSPS) is 30.1. The summed E-state index contributed by atoms with van der Waals surface area (Å²) in [6.07, 6.45) is 13.3. The second-order valence-corrected chi connectivity index (χ2v) is 12.1. The highest BCUT2D eigenvalue weighted by Crippen LogP contribution is 2.66. The van der Waals surface area contributed by atoms with Crippen LogP contribution in [0.15, 0.2) is 35.9 Å². The number of fused-ring (bicyclic) bond motifs is 2. The first-order chi connectivity index (χ1) is 16.1. The third-order valence-electron chi connectivity index (χ3n) is 8.64. The number of epoxide rings is 1. The molecule has 6 atom stereocenters. The van der Waals surface area contributed by atoms with Gasteiger partial charge in [-0.3, -0.25) is 0 Å². The molecular formula is C31H50O3. The van der Waals surface area contributed by atoms with Crippen LogP contribution < -0.4 is 0 Å². The molecule has 0 radical (unpaired) electrons. The summed E-state index contributed by atoms with van der Waals surface area (Å²) in [7, 11) is 0. The Morgan fingerprint density at radius 3 is 2.00 bits per heavy atom. The molecule has 192 valence electrons. The molecule has 1 saturated heterocycles. The first kappa shape index (κ1) is 27.4. The van der Waals surface area contributed by atoms with Gasteiger partial charge in [0, 0.05) is 6.42 Å². The first-order valence-corrected chi connectivity index (χ1v) is 13.9. The third-order valence-corrected chi connectivity index (χ3v) is 8.64. The zero-order valence-electron chi connectivity index (χ0n) is 22.6. The molecule has 0 aromatic heterocycles. The second kappa shape index (κ2) is 11.7. The van der Waals surface area contributed by atoms with Crippen molar-refractivity contribution in [3.8, 4) is 0 Å². The van der Waals surface area contributed by atoms with Crippen molar-refractivity contribution in [1.82, 2.24) is 0 Å². The molecule has 3 heteroatoms. The lowest BCUT2D eigenvalue weighted by atomic mass is 9.71. The molecular weight excluding hydrogens is 420 g/mol. The minimum absolute atomic E-state index is 0.645. The summed E-state index contributed by atoms with van der Waals surface area (Å²) < 4.78 is 6.11. The van der Waals surface area contributed by atoms with Crippen molar-refractivity contribution in [2.75, 3.05) is 0 Å². The van der Waals surface area contributed by atoms with Gasteiger partial charge >= 0.3 is 0 Å². The maximum Gasteiger partial charge on any atom is 0.134 e. The predicted octanol–water partition coefficient (Wildman–Crippen LogP) is 8.07. The Kier molecular flexibility index (Phi) is 9.45. The van der Waals surface area contributed by atoms with E-state index in [9.17, 15) is 10.2 Å². The lowest BCUT2D eigenvalue weighted by Gasteiger charge is -2.33. The van der Waals surface area contributed by atoms with Gasteiger partial charge in [-0.15, -0.1) is 0 Å². The van der Waals surface area contributed by atoms with Gasteiger partial charge in [-0.25, -0.2) is 0 Å². The minimum atomic E-state index is -0.710. The maximum atomic E-state index is 11.1. The number of allylic oxidation sites excluding steroid dienone is 1. The van der Waals surface area contributed by atoms with Gasteiger partial charge in [-0.2, -0.15) is 0 Å². The molecule has 2 N–H and O–H groups in total. The molecule has 0 spiro atoms. The van der Waals surface area contributed by atoms with Crippen LogP contribution >= 0.6 is 0 Å². The summed E-state index contributed by atoms with van der Waals surface area (Å²) >= 11 is 0. The summed E-state index contributed by atoms with van der Waals surface area (Å²) in [5.74, 6) is 2.49. The number of benzene rings is 1. The topological polar surface area (TPSA) is 53.0 Å². The van der Waals surface area contributed by atoms with Crippen molar-refractivity contribution < 1.29 is 14.9 Å². The number of hydrogen-bond acceptors (Lipinski definition) is 3. The SMILES string of the molecule is CC(=CCC12OC1(C)C(O)c1ccccc1C2O)CCCC(C)CCCC(C)CCCC(C)C. The number of aliphatic hydroxyl groups excluding tert-OH is 2. The van der Waals surface area contributed by atoms with Crippen molar-refractivity contribution in [2.24, 2.45) is 17.8 Å². The zero-order valence-corrected chi connectivity index (χ0v) is 22.6. The number of ether oxygens (including phenoxy) is 1. The highest BCUT2D eigenvalue weighted by Gasteiger charge is 2.76. The van der Waals surface area contributed by atoms with Crippen molar-refractivity contribution in [1.29, 1.82) is 0 Å². The van der Waals surface area contributed by atoms with Crippen LogP contribution in [-0.2, 0) is 4.74 Å². The van der Waals surface area contributed by atoms with E-state index < -0.39 is 23.4 Å². The average molecular weight is 471 g/mol. The quantitative estimate of drug-likeness (QED) is 0.213. The number of rotatable bonds is 14. The molecule has 0 bridgehead atoms. The van der Waals surface area contributed by atoms with E-state index in [0.29, 0.717) is 6.42 Å². The Morgan fingerprint density at radius 2 is 1.41 bits per heavy atom. The fourth-order valence-electron chi connectivity index (χ4n) is 6.02. The number of aliphatic hydroxyl groups is 2. The standard InChI is InChI=1S/C31H50O3/c1-22(2)12-9-13-23(3)14-10-15-24(4)16-11-17-25(5)20-21-31-29(33)27-19-8-7-18-26(27)28(32)30(31,6)34-31/h7-8,18-20,22-24,28-29,32-33H,9-17,21H2,1-6H3. The molecule has 2 aliphatic rings. The van der Waals surface area contributed by atoms with Gasteiger partial charge in [0.2, 0.25) is 0 Å². The first-order valence-electron chi connectivity index (χ1n) is 13.9. The fourth-order valence-corrected chi connectivity index (χ4v) is 6.02. The molecule has 1 aliphatic carbocycles. The molecule has 0 amide bonds. The lowest BCUT2D eigenvalue weighted by molar-refractivity contribution is 0.0566. The molecule has 0 saturated carbocycles. The Labute approximate surface area is 209 Å². The van der Waals surface area contributed by atoms with E-state index in [4.69, 9.17) is 4.74 Å². The van der Waals surface area contributed by atoms with Crippen LogP contribution in [0, 0.1) is 17.8 Å². The Morgan fingerprint density at radius 1 is 0.882 bits per heavy atom. The molecule has 1 aliphatic heterocycles. The van der Waals surface area contributed by atoms with Crippen LogP contribution in [0.4, 0.5) is 0 Å². The second-order valence-electron chi connectivity index (χ2n) is 12.1. The molecule has 3 rings (SSSR count). The van der Waals surface area contributed by atoms with Gasteiger partial charge in [0.15, 0.2) is 0 Å². The van der Waals surface area contributed by atoms with Gasteiger partial charge in [0.1, 0.15) is 23.4 Å². The van der Waals surface area contributed by atoms with Crippen molar-refractivity contribution in [2.45, 2.75) is 129 Å². The molecule has 1 aromatic rings. The Balaban J connectivity index is 1.38. The van der Waals surface area contributed by atoms with Gasteiger partial charge in [-0.05, 0) is 55.6 Å². The Hall–Kier alpha value is -1.16. The molecule has 1 aromatic carbocycles.